The first-order chi connectivity index (χ1) is 62.8. The molecule has 0 saturated carbocycles. The van der Waals surface area contributed by atoms with Crippen molar-refractivity contribution >= 4 is 185 Å². The molecule has 0 fully saturated rings. The van der Waals surface area contributed by atoms with Crippen molar-refractivity contribution in [1.29, 1.82) is 0 Å². The number of carboxylic acids is 5. The minimum absolute atomic E-state index is 0.0833. The number of hydrogen-bond donors (Lipinski definition) is 5. The van der Waals surface area contributed by atoms with Crippen LogP contribution >= 0.6 is 23.2 Å². The molecule has 0 amide bonds. The molecule has 10 aromatic carbocycles. The predicted molar refractivity (Wildman–Crippen MR) is 495 cm³/mol. The number of fused-ring (bicyclic) bond motifs is 10. The van der Waals surface area contributed by atoms with Crippen molar-refractivity contribution in [1.82, 2.24) is 22.8 Å². The van der Waals surface area contributed by atoms with Gasteiger partial charge in [0.1, 0.15) is 56.0 Å². The van der Waals surface area contributed by atoms with E-state index < -0.39 is 102 Å². The van der Waals surface area contributed by atoms with Crippen LogP contribution < -0.4 is 0 Å². The van der Waals surface area contributed by atoms with Gasteiger partial charge in [0.2, 0.25) is 39.3 Å². The van der Waals surface area contributed by atoms with E-state index in [-0.39, 0.29) is 63.0 Å². The molecule has 10 heterocycles. The lowest BCUT2D eigenvalue weighted by atomic mass is 9.95. The first-order valence-electron chi connectivity index (χ1n) is 40.3. The van der Waals surface area contributed by atoms with E-state index >= 15 is 0 Å². The zero-order valence-corrected chi connectivity index (χ0v) is 76.2. The number of aryl methyl sites for hydroxylation is 1. The summed E-state index contributed by atoms with van der Waals surface area (Å²) in [5, 5.41) is 54.5. The van der Waals surface area contributed by atoms with E-state index in [2.05, 4.69) is 0 Å². The Hall–Kier alpha value is -14.0. The number of carboxylic acid groups (broad SMARTS) is 5. The molecule has 5 N–H and O–H groups in total. The highest BCUT2D eigenvalue weighted by molar-refractivity contribution is 7.96. The highest BCUT2D eigenvalue weighted by Gasteiger charge is 2.38. The Morgan fingerprint density at radius 1 is 0.293 bits per heavy atom. The van der Waals surface area contributed by atoms with Gasteiger partial charge in [-0.2, -0.15) is 0 Å². The molecule has 0 aliphatic carbocycles. The average Bonchev–Trinajstić information content (AvgIpc) is 1.85. The molecular weight excluding hydrogens is 1860 g/mol. The van der Waals surface area contributed by atoms with Gasteiger partial charge >= 0.3 is 29.8 Å². The van der Waals surface area contributed by atoms with Gasteiger partial charge in [-0.25, -0.2) is 59.7 Å². The number of sulfone groups is 5. The summed E-state index contributed by atoms with van der Waals surface area (Å²) in [4.78, 5) is 57.5. The van der Waals surface area contributed by atoms with Crippen LogP contribution in [-0.4, -0.2) is 126 Å². The number of aliphatic carboxylic acids is 5. The van der Waals surface area contributed by atoms with Crippen molar-refractivity contribution in [2.75, 3.05) is 5.75 Å². The fourth-order valence-corrected chi connectivity index (χ4v) is 25.7. The topological polar surface area (TPSA) is 382 Å². The predicted octanol–water partition coefficient (Wildman–Crippen LogP) is 18.3. The SMILES string of the molecule is Cc1c(C2=CCS(=O)(=O)c3ccccc32)c2cc(F)ccc2n1CC(=O)O.Cc1c(C2=CS(=O)(=O)c3cc(Cl)ccc32)c2cc(F)ccc2n1CC(=O)O.Cc1c(C2=CS(=O)(=O)c3ccccc32)c2cc(F)ccc2n1CC(=O)O.Cc1c(C2=CS(=O)(=O)c3ccccc32)c2ccc(Cl)cc2n1CC(=O)O.Cc1ccc2c(c1)S(=O)(=O)C=C2c1c(C)n(CC(=O)O)c2ccc(F)cc12. The molecule has 0 atom stereocenters. The third kappa shape index (κ3) is 17.0. The smallest absolute Gasteiger partial charge is 0.323 e. The maximum absolute atomic E-state index is 14.0. The van der Waals surface area contributed by atoms with Gasteiger partial charge in [-0.05, 0) is 174 Å². The monoisotopic (exact) mass is 1930 g/mol. The normalized spacial score (nSPS) is 15.1. The Morgan fingerprint density at radius 2 is 0.564 bits per heavy atom. The van der Waals surface area contributed by atoms with Gasteiger partial charge in [0.15, 0.2) is 9.84 Å². The van der Waals surface area contributed by atoms with Crippen molar-refractivity contribution in [2.24, 2.45) is 0 Å². The van der Waals surface area contributed by atoms with Crippen molar-refractivity contribution < 1.29 is 109 Å². The Balaban J connectivity index is 0.000000121. The van der Waals surface area contributed by atoms with Crippen molar-refractivity contribution in [3.05, 3.63) is 351 Å². The van der Waals surface area contributed by atoms with Crippen LogP contribution in [0.2, 0.25) is 10.0 Å². The van der Waals surface area contributed by atoms with Crippen LogP contribution in [0.15, 0.2) is 252 Å². The molecule has 20 rings (SSSR count). The van der Waals surface area contributed by atoms with Crippen molar-refractivity contribution in [2.45, 2.75) is 98.7 Å². The third-order valence-electron chi connectivity index (χ3n) is 23.6. The average molecular weight is 1940 g/mol. The molecule has 0 bridgehead atoms. The zero-order valence-electron chi connectivity index (χ0n) is 70.6. The van der Waals surface area contributed by atoms with E-state index in [0.29, 0.717) is 171 Å². The zero-order chi connectivity index (χ0) is 95.6. The molecule has 0 saturated heterocycles. The minimum Gasteiger partial charge on any atom is -0.480 e. The van der Waals surface area contributed by atoms with Gasteiger partial charge in [0.25, 0.3) is 0 Å². The summed E-state index contributed by atoms with van der Waals surface area (Å²) in [6, 6.07) is 51.5. The van der Waals surface area contributed by atoms with Crippen molar-refractivity contribution in [3.63, 3.8) is 0 Å². The Bertz CT molecular complexity index is 8310. The van der Waals surface area contributed by atoms with Crippen LogP contribution in [0.1, 0.15) is 89.7 Å². The first-order valence-corrected chi connectivity index (χ1v) is 48.9. The fourth-order valence-electron chi connectivity index (χ4n) is 18.1. The minimum atomic E-state index is -3.70. The molecule has 678 valence electrons. The lowest BCUT2D eigenvalue weighted by Crippen LogP contribution is -2.14. The summed E-state index contributed by atoms with van der Waals surface area (Å²) >= 11 is 12.0. The Labute approximate surface area is 766 Å². The fraction of sp³-hybridized carbons (Fsp3) is 0.124. The standard InChI is InChI=1S/2C20H16FNO4S.C19H13ClFNO4S.C19H14ClNO4S.C19H14FNO4S/c1-11-3-5-14-16(10-27(25,26)18(14)7-11)20-12(2)22(9-19(23)24)17-6-4-13(21)8-15(17)20;1-12-20(15-8-9-27(25,26)18-5-3-2-4-14(15)18)16-10-13(21)6-7-17(16)22(12)11-19(23)24;1-10-19(14-7-12(21)3-5-16(14)22(10)8-18(23)24)15-9-27(25,26)17-6-11(20)2-4-13(15)17;1-11-19(15-10-26(24,25)17-5-3-2-4-13(15)17)14-7-6-12(20)8-16(14)21(11)9-18(22)23;1-11-19(15-10-26(24,25)17-5-3-2-4-13(15)17)14-8-12(20)6-7-16(14)21(11)9-18(22)23/h3-8,10H,9H2,1-2H3,(H,23,24);2-8,10H,9,11H2,1H3,(H,23,24);2-7,9H,8H2,1H3,(H,23,24);2*2-8,10H,9H2,1H3,(H,22,23). The molecule has 133 heavy (non-hydrogen) atoms. The molecule has 36 heteroatoms. The summed E-state index contributed by atoms with van der Waals surface area (Å²) in [5.41, 5.74) is 15.0. The summed E-state index contributed by atoms with van der Waals surface area (Å²) in [6.07, 6.45) is 1.62. The van der Waals surface area contributed by atoms with Gasteiger partial charge in [-0.1, -0.05) is 108 Å². The van der Waals surface area contributed by atoms with E-state index in [1.807, 2.05) is 13.0 Å². The van der Waals surface area contributed by atoms with Crippen LogP contribution in [0.4, 0.5) is 17.6 Å². The second-order valence-corrected chi connectivity index (χ2v) is 41.8. The van der Waals surface area contributed by atoms with Gasteiger partial charge < -0.3 is 48.4 Å². The highest BCUT2D eigenvalue weighted by Crippen LogP contribution is 2.49. The van der Waals surface area contributed by atoms with E-state index in [1.54, 1.807) is 174 Å². The molecule has 5 aliphatic rings. The summed E-state index contributed by atoms with van der Waals surface area (Å²) in [7, 11) is -17.9. The quantitative estimate of drug-likeness (QED) is 0.0595. The molecular formula is C97H73Cl2F4N5O20S5. The third-order valence-corrected chi connectivity index (χ3v) is 31.7. The van der Waals surface area contributed by atoms with Crippen LogP contribution in [-0.2, 0) is 106 Å². The molecule has 5 aliphatic heterocycles. The van der Waals surface area contributed by atoms with E-state index in [4.69, 9.17) is 23.2 Å². The number of hydrogen-bond acceptors (Lipinski definition) is 15. The second kappa shape index (κ2) is 34.6. The number of aromatic nitrogens is 5. The summed E-state index contributed by atoms with van der Waals surface area (Å²) < 4.78 is 189. The molecule has 25 nitrogen and oxygen atoms in total. The lowest BCUT2D eigenvalue weighted by molar-refractivity contribution is -0.138. The maximum Gasteiger partial charge on any atom is 0.323 e. The lowest BCUT2D eigenvalue weighted by Gasteiger charge is -2.19. The molecule has 15 aromatic rings. The number of rotatable bonds is 15. The van der Waals surface area contributed by atoms with Crippen LogP contribution in [0.3, 0.4) is 0 Å². The van der Waals surface area contributed by atoms with Gasteiger partial charge in [0, 0.05) is 187 Å². The van der Waals surface area contributed by atoms with E-state index in [0.717, 1.165) is 16.4 Å². The number of benzene rings is 10. The molecule has 0 unspecified atom stereocenters. The number of halogens is 6. The number of carbonyl (C=O) groups is 5. The maximum atomic E-state index is 14.0. The van der Waals surface area contributed by atoms with Gasteiger partial charge in [-0.15, -0.1) is 0 Å². The van der Waals surface area contributed by atoms with Gasteiger partial charge in [-0.3, -0.25) is 24.0 Å². The van der Waals surface area contributed by atoms with Crippen LogP contribution in [0.25, 0.3) is 82.4 Å². The van der Waals surface area contributed by atoms with Crippen LogP contribution in [0, 0.1) is 64.8 Å². The van der Waals surface area contributed by atoms with Gasteiger partial charge in [0.05, 0.1) is 35.7 Å². The van der Waals surface area contributed by atoms with Crippen LogP contribution in [0.5, 0.6) is 0 Å². The largest absolute Gasteiger partial charge is 0.480 e. The second-order valence-electron chi connectivity index (χ2n) is 31.8. The van der Waals surface area contributed by atoms with E-state index in [1.165, 1.54) is 99.7 Å². The number of nitrogens with zero attached hydrogens (tertiary/aromatic N) is 5. The molecule has 0 spiro atoms. The first kappa shape index (κ1) is 92.3. The summed E-state index contributed by atoms with van der Waals surface area (Å²) in [5.74, 6) is -7.13. The highest BCUT2D eigenvalue weighted by atomic mass is 35.5. The molecule has 0 radical (unpaired) electrons. The Kier molecular flexibility index (Phi) is 24.0. The van der Waals surface area contributed by atoms with E-state index in [9.17, 15) is 109 Å². The van der Waals surface area contributed by atoms with Crippen molar-refractivity contribution in [3.8, 4) is 0 Å². The summed E-state index contributed by atoms with van der Waals surface area (Å²) in [6.45, 7) is 9.09. The molecule has 5 aromatic heterocycles. The Morgan fingerprint density at radius 3 is 0.917 bits per heavy atom.